The van der Waals surface area contributed by atoms with Gasteiger partial charge in [-0.1, -0.05) is 41.7 Å². The van der Waals surface area contributed by atoms with Gasteiger partial charge in [-0.25, -0.2) is 4.98 Å². The minimum Gasteiger partial charge on any atom is -0.459 e. The molecule has 0 spiro atoms. The molecule has 144 valence electrons. The predicted octanol–water partition coefficient (Wildman–Crippen LogP) is 4.34. The molecule has 0 atom stereocenters. The summed E-state index contributed by atoms with van der Waals surface area (Å²) in [6.45, 7) is 1.10. The number of hydrogen-bond donors (Lipinski definition) is 1. The molecule has 3 heterocycles. The second-order valence-electron chi connectivity index (χ2n) is 6.86. The number of carbonyl (C=O) groups is 2. The SMILES string of the molecule is O=C(Nc1nc2c(s1)CN(C(=O)c1ccc3ccccc3c1)CC2)c1ccco1. The zero-order chi connectivity index (χ0) is 19.8. The number of nitrogens with one attached hydrogen (secondary N) is 1. The van der Waals surface area contributed by atoms with Gasteiger partial charge in [0.2, 0.25) is 0 Å². The number of anilines is 1. The van der Waals surface area contributed by atoms with Crippen molar-refractivity contribution in [2.75, 3.05) is 11.9 Å². The van der Waals surface area contributed by atoms with Crippen LogP contribution in [0.4, 0.5) is 5.13 Å². The lowest BCUT2D eigenvalue weighted by molar-refractivity contribution is 0.0736. The highest BCUT2D eigenvalue weighted by molar-refractivity contribution is 7.15. The molecule has 2 amide bonds. The highest BCUT2D eigenvalue weighted by atomic mass is 32.1. The number of aromatic nitrogens is 1. The maximum Gasteiger partial charge on any atom is 0.293 e. The standard InChI is InChI=1S/C22H17N3O3S/c26-20(18-6-3-11-28-18)24-22-23-17-9-10-25(13-19(17)29-22)21(27)16-8-7-14-4-1-2-5-15(14)12-16/h1-8,11-12H,9-10,13H2,(H,23,24,26). The number of amides is 2. The Hall–Kier alpha value is -3.45. The molecule has 1 aliphatic heterocycles. The molecule has 1 N–H and O–H groups in total. The van der Waals surface area contributed by atoms with Gasteiger partial charge in [0.15, 0.2) is 10.9 Å². The molecule has 29 heavy (non-hydrogen) atoms. The molecule has 0 radical (unpaired) electrons. The number of furan rings is 1. The van der Waals surface area contributed by atoms with E-state index in [4.69, 9.17) is 4.42 Å². The molecule has 5 rings (SSSR count). The molecule has 0 bridgehead atoms. The Labute approximate surface area is 170 Å². The van der Waals surface area contributed by atoms with E-state index in [0.717, 1.165) is 21.3 Å². The van der Waals surface area contributed by atoms with E-state index in [2.05, 4.69) is 10.3 Å². The van der Waals surface area contributed by atoms with Gasteiger partial charge >= 0.3 is 0 Å². The highest BCUT2D eigenvalue weighted by Gasteiger charge is 2.25. The second-order valence-corrected chi connectivity index (χ2v) is 7.94. The number of nitrogens with zero attached hydrogens (tertiary/aromatic N) is 2. The summed E-state index contributed by atoms with van der Waals surface area (Å²) >= 11 is 1.40. The third-order valence-corrected chi connectivity index (χ3v) is 5.98. The van der Waals surface area contributed by atoms with Gasteiger partial charge in [0, 0.05) is 23.4 Å². The van der Waals surface area contributed by atoms with Crippen LogP contribution in [0.25, 0.3) is 10.8 Å². The average Bonchev–Trinajstić information content (AvgIpc) is 3.42. The average molecular weight is 403 g/mol. The van der Waals surface area contributed by atoms with Crippen LogP contribution in [0.2, 0.25) is 0 Å². The largest absolute Gasteiger partial charge is 0.459 e. The molecular weight excluding hydrogens is 386 g/mol. The van der Waals surface area contributed by atoms with E-state index in [0.29, 0.717) is 30.2 Å². The Balaban J connectivity index is 1.33. The highest BCUT2D eigenvalue weighted by Crippen LogP contribution is 2.29. The van der Waals surface area contributed by atoms with Crippen molar-refractivity contribution in [1.82, 2.24) is 9.88 Å². The van der Waals surface area contributed by atoms with Crippen molar-refractivity contribution in [3.8, 4) is 0 Å². The lowest BCUT2D eigenvalue weighted by Gasteiger charge is -2.26. The lowest BCUT2D eigenvalue weighted by atomic mass is 10.1. The molecule has 1 aliphatic rings. The Morgan fingerprint density at radius 3 is 2.76 bits per heavy atom. The first-order valence-electron chi connectivity index (χ1n) is 9.29. The molecule has 0 saturated heterocycles. The van der Waals surface area contributed by atoms with Gasteiger partial charge in [0.1, 0.15) is 0 Å². The number of hydrogen-bond acceptors (Lipinski definition) is 5. The zero-order valence-electron chi connectivity index (χ0n) is 15.4. The molecular formula is C22H17N3O3S. The first-order chi connectivity index (χ1) is 14.2. The quantitative estimate of drug-likeness (QED) is 0.552. The molecule has 0 fully saturated rings. The monoisotopic (exact) mass is 403 g/mol. The van der Waals surface area contributed by atoms with Crippen molar-refractivity contribution in [2.24, 2.45) is 0 Å². The van der Waals surface area contributed by atoms with E-state index in [1.807, 2.05) is 47.4 Å². The van der Waals surface area contributed by atoms with Crippen LogP contribution in [0, 0.1) is 0 Å². The number of rotatable bonds is 3. The Kier molecular flexibility index (Phi) is 4.37. The summed E-state index contributed by atoms with van der Waals surface area (Å²) in [5, 5.41) is 5.46. The van der Waals surface area contributed by atoms with Crippen molar-refractivity contribution >= 4 is 39.1 Å². The summed E-state index contributed by atoms with van der Waals surface area (Å²) in [6.07, 6.45) is 2.12. The summed E-state index contributed by atoms with van der Waals surface area (Å²) in [6, 6.07) is 17.1. The fourth-order valence-corrected chi connectivity index (χ4v) is 4.51. The molecule has 0 saturated carbocycles. The number of fused-ring (bicyclic) bond motifs is 2. The minimum absolute atomic E-state index is 0.0102. The van der Waals surface area contributed by atoms with Crippen LogP contribution in [0.15, 0.2) is 65.3 Å². The smallest absolute Gasteiger partial charge is 0.293 e. The van der Waals surface area contributed by atoms with E-state index in [-0.39, 0.29) is 17.6 Å². The van der Waals surface area contributed by atoms with Crippen molar-refractivity contribution in [3.05, 3.63) is 82.8 Å². The minimum atomic E-state index is -0.329. The summed E-state index contributed by atoms with van der Waals surface area (Å²) in [5.41, 5.74) is 1.62. The molecule has 2 aromatic heterocycles. The van der Waals surface area contributed by atoms with E-state index < -0.39 is 0 Å². The van der Waals surface area contributed by atoms with Gasteiger partial charge in [-0.15, -0.1) is 0 Å². The van der Waals surface area contributed by atoms with Crippen molar-refractivity contribution in [3.63, 3.8) is 0 Å². The summed E-state index contributed by atoms with van der Waals surface area (Å²) in [7, 11) is 0. The van der Waals surface area contributed by atoms with E-state index in [1.54, 1.807) is 12.1 Å². The molecule has 7 heteroatoms. The van der Waals surface area contributed by atoms with Gasteiger partial charge in [-0.05, 0) is 35.0 Å². The van der Waals surface area contributed by atoms with Crippen molar-refractivity contribution < 1.29 is 14.0 Å². The third-order valence-electron chi connectivity index (χ3n) is 4.98. The maximum atomic E-state index is 13.0. The van der Waals surface area contributed by atoms with Crippen molar-refractivity contribution in [1.29, 1.82) is 0 Å². The Morgan fingerprint density at radius 1 is 1.07 bits per heavy atom. The van der Waals surface area contributed by atoms with Crippen LogP contribution in [-0.4, -0.2) is 28.2 Å². The topological polar surface area (TPSA) is 75.4 Å². The van der Waals surface area contributed by atoms with Crippen LogP contribution in [0.3, 0.4) is 0 Å². The van der Waals surface area contributed by atoms with Gasteiger partial charge in [0.05, 0.1) is 18.5 Å². The summed E-state index contributed by atoms with van der Waals surface area (Å²) in [5.74, 6) is -0.0764. The van der Waals surface area contributed by atoms with Crippen LogP contribution in [0.5, 0.6) is 0 Å². The van der Waals surface area contributed by atoms with Gasteiger partial charge < -0.3 is 9.32 Å². The van der Waals surface area contributed by atoms with Gasteiger partial charge in [-0.2, -0.15) is 0 Å². The van der Waals surface area contributed by atoms with E-state index in [9.17, 15) is 9.59 Å². The van der Waals surface area contributed by atoms with Gasteiger partial charge in [0.25, 0.3) is 11.8 Å². The van der Waals surface area contributed by atoms with E-state index in [1.165, 1.54) is 17.6 Å². The predicted molar refractivity (Wildman–Crippen MR) is 111 cm³/mol. The van der Waals surface area contributed by atoms with E-state index >= 15 is 0 Å². The summed E-state index contributed by atoms with van der Waals surface area (Å²) in [4.78, 5) is 32.5. The molecule has 0 unspecified atom stereocenters. The summed E-state index contributed by atoms with van der Waals surface area (Å²) < 4.78 is 5.11. The molecule has 0 aliphatic carbocycles. The molecule has 6 nitrogen and oxygen atoms in total. The second kappa shape index (κ2) is 7.18. The number of benzene rings is 2. The third kappa shape index (κ3) is 3.40. The maximum absolute atomic E-state index is 13.0. The normalized spacial score (nSPS) is 13.3. The van der Waals surface area contributed by atoms with Crippen LogP contribution >= 0.6 is 11.3 Å². The Bertz CT molecular complexity index is 1210. The van der Waals surface area contributed by atoms with Crippen molar-refractivity contribution in [2.45, 2.75) is 13.0 Å². The van der Waals surface area contributed by atoms with Crippen LogP contribution < -0.4 is 5.32 Å². The molecule has 2 aromatic carbocycles. The number of carbonyl (C=O) groups excluding carboxylic acids is 2. The zero-order valence-corrected chi connectivity index (χ0v) is 16.2. The first-order valence-corrected chi connectivity index (χ1v) is 10.1. The molecule has 4 aromatic rings. The van der Waals surface area contributed by atoms with Crippen LogP contribution in [0.1, 0.15) is 31.5 Å². The fourth-order valence-electron chi connectivity index (χ4n) is 3.49. The fraction of sp³-hybridized carbons (Fsp3) is 0.136. The first kappa shape index (κ1) is 17.6. The lowest BCUT2D eigenvalue weighted by Crippen LogP contribution is -2.35. The number of thiazole rings is 1. The van der Waals surface area contributed by atoms with Crippen LogP contribution in [-0.2, 0) is 13.0 Å². The Morgan fingerprint density at radius 2 is 1.93 bits per heavy atom. The van der Waals surface area contributed by atoms with Gasteiger partial charge in [-0.3, -0.25) is 14.9 Å².